The van der Waals surface area contributed by atoms with Crippen molar-refractivity contribution in [2.45, 2.75) is 31.8 Å². The van der Waals surface area contributed by atoms with Crippen LogP contribution < -0.4 is 5.32 Å². The summed E-state index contributed by atoms with van der Waals surface area (Å²) in [5, 5.41) is 3.41. The Kier molecular flexibility index (Phi) is 4.27. The molecule has 5 heteroatoms. The highest BCUT2D eigenvalue weighted by molar-refractivity contribution is 5.84. The Labute approximate surface area is 147 Å². The largest absolute Gasteiger partial charge is 0.352 e. The van der Waals surface area contributed by atoms with Crippen LogP contribution in [-0.4, -0.2) is 30.0 Å². The molecular weight excluding hydrogens is 320 g/mol. The minimum Gasteiger partial charge on any atom is -0.352 e. The first-order valence-corrected chi connectivity index (χ1v) is 8.31. The van der Waals surface area contributed by atoms with Crippen molar-refractivity contribution in [2.75, 3.05) is 13.6 Å². The molecule has 0 unspecified atom stereocenters. The highest BCUT2D eigenvalue weighted by Crippen LogP contribution is 2.38. The molecule has 0 bridgehead atoms. The van der Waals surface area contributed by atoms with Crippen LogP contribution in [0.15, 0.2) is 53.5 Å². The average molecular weight is 343 g/mol. The molecule has 3 nitrogen and oxygen atoms in total. The number of likely N-dealkylation sites (N-methyl/N-ethyl adjacent to an activating group) is 1. The number of hydrogen-bond acceptors (Lipinski definition) is 3. The summed E-state index contributed by atoms with van der Waals surface area (Å²) in [6.45, 7) is 6.79. The highest BCUT2D eigenvalue weighted by atomic mass is 19.1. The Balaban J connectivity index is 2.13. The number of halogens is 2. The van der Waals surface area contributed by atoms with Gasteiger partial charge in [0, 0.05) is 12.6 Å². The SMILES string of the molecule is CN1CC(c2ccc(F)cc2)(c2ccc(F)cc2)N=C1NC(C)(C)C. The number of benzene rings is 2. The van der Waals surface area contributed by atoms with Gasteiger partial charge in [-0.05, 0) is 56.2 Å². The third-order valence-corrected chi connectivity index (χ3v) is 4.25. The van der Waals surface area contributed by atoms with Crippen molar-refractivity contribution in [2.24, 2.45) is 4.99 Å². The summed E-state index contributed by atoms with van der Waals surface area (Å²) in [6.07, 6.45) is 0. The van der Waals surface area contributed by atoms with E-state index in [0.717, 1.165) is 17.1 Å². The zero-order valence-corrected chi connectivity index (χ0v) is 15.0. The maximum atomic E-state index is 13.4. The molecule has 2 aromatic rings. The van der Waals surface area contributed by atoms with Crippen LogP contribution in [0.3, 0.4) is 0 Å². The van der Waals surface area contributed by atoms with Gasteiger partial charge in [0.1, 0.15) is 17.2 Å². The molecule has 1 heterocycles. The van der Waals surface area contributed by atoms with E-state index in [-0.39, 0.29) is 17.2 Å². The molecule has 0 saturated carbocycles. The normalized spacial score (nSPS) is 16.7. The third kappa shape index (κ3) is 3.50. The molecule has 0 fully saturated rings. The smallest absolute Gasteiger partial charge is 0.195 e. The van der Waals surface area contributed by atoms with E-state index in [1.165, 1.54) is 24.3 Å². The van der Waals surface area contributed by atoms with Gasteiger partial charge in [-0.25, -0.2) is 13.8 Å². The first-order valence-electron chi connectivity index (χ1n) is 8.31. The van der Waals surface area contributed by atoms with Gasteiger partial charge < -0.3 is 10.2 Å². The monoisotopic (exact) mass is 343 g/mol. The van der Waals surface area contributed by atoms with Gasteiger partial charge in [-0.3, -0.25) is 0 Å². The van der Waals surface area contributed by atoms with Gasteiger partial charge in [0.2, 0.25) is 0 Å². The molecule has 1 N–H and O–H groups in total. The van der Waals surface area contributed by atoms with Crippen molar-refractivity contribution >= 4 is 5.96 Å². The van der Waals surface area contributed by atoms with E-state index in [2.05, 4.69) is 26.1 Å². The van der Waals surface area contributed by atoms with E-state index < -0.39 is 5.54 Å². The number of guanidine groups is 1. The molecule has 1 aliphatic heterocycles. The lowest BCUT2D eigenvalue weighted by Gasteiger charge is -2.28. The Morgan fingerprint density at radius 3 is 1.76 bits per heavy atom. The summed E-state index contributed by atoms with van der Waals surface area (Å²) in [6, 6.07) is 12.7. The van der Waals surface area contributed by atoms with Gasteiger partial charge in [0.05, 0.1) is 6.54 Å². The second-order valence-corrected chi connectivity index (χ2v) is 7.54. The van der Waals surface area contributed by atoms with Gasteiger partial charge in [-0.2, -0.15) is 0 Å². The van der Waals surface area contributed by atoms with Crippen molar-refractivity contribution in [1.29, 1.82) is 0 Å². The van der Waals surface area contributed by atoms with E-state index in [1.807, 2.05) is 11.9 Å². The van der Waals surface area contributed by atoms with E-state index in [4.69, 9.17) is 4.99 Å². The van der Waals surface area contributed by atoms with Crippen LogP contribution in [0.1, 0.15) is 31.9 Å². The number of aliphatic imine (C=N–C) groups is 1. The van der Waals surface area contributed by atoms with Crippen LogP contribution >= 0.6 is 0 Å². The Bertz CT molecular complexity index is 729. The van der Waals surface area contributed by atoms with Crippen LogP contribution in [0.4, 0.5) is 8.78 Å². The summed E-state index contributed by atoms with van der Waals surface area (Å²) in [4.78, 5) is 7.01. The molecule has 2 aromatic carbocycles. The van der Waals surface area contributed by atoms with Crippen molar-refractivity contribution in [1.82, 2.24) is 10.2 Å². The molecular formula is C20H23F2N3. The van der Waals surface area contributed by atoms with Crippen LogP contribution in [0.25, 0.3) is 0 Å². The van der Waals surface area contributed by atoms with Crippen molar-refractivity contribution < 1.29 is 8.78 Å². The molecule has 0 aliphatic carbocycles. The van der Waals surface area contributed by atoms with E-state index in [0.29, 0.717) is 6.54 Å². The van der Waals surface area contributed by atoms with Gasteiger partial charge in [0.15, 0.2) is 5.96 Å². The van der Waals surface area contributed by atoms with Crippen molar-refractivity contribution in [3.05, 3.63) is 71.3 Å². The lowest BCUT2D eigenvalue weighted by Crippen LogP contribution is -2.46. The quantitative estimate of drug-likeness (QED) is 0.896. The fourth-order valence-electron chi connectivity index (χ4n) is 3.11. The fourth-order valence-corrected chi connectivity index (χ4v) is 3.11. The molecule has 0 saturated heterocycles. The molecule has 0 aromatic heterocycles. The topological polar surface area (TPSA) is 27.6 Å². The molecule has 1 aliphatic rings. The zero-order valence-electron chi connectivity index (χ0n) is 15.0. The predicted molar refractivity (Wildman–Crippen MR) is 96.5 cm³/mol. The Hall–Kier alpha value is -2.43. The molecule has 0 radical (unpaired) electrons. The van der Waals surface area contributed by atoms with Crippen LogP contribution in [0.2, 0.25) is 0 Å². The summed E-state index contributed by atoms with van der Waals surface area (Å²) in [5.74, 6) is 0.184. The van der Waals surface area contributed by atoms with Crippen molar-refractivity contribution in [3.63, 3.8) is 0 Å². The molecule has 0 spiro atoms. The lowest BCUT2D eigenvalue weighted by atomic mass is 9.83. The molecule has 0 amide bonds. The fraction of sp³-hybridized carbons (Fsp3) is 0.350. The first-order chi connectivity index (χ1) is 11.7. The minimum atomic E-state index is -0.705. The van der Waals surface area contributed by atoms with Crippen LogP contribution in [0, 0.1) is 11.6 Å². The Morgan fingerprint density at radius 1 is 0.920 bits per heavy atom. The summed E-state index contributed by atoms with van der Waals surface area (Å²) in [5.41, 5.74) is 0.898. The molecule has 0 atom stereocenters. The summed E-state index contributed by atoms with van der Waals surface area (Å²) >= 11 is 0. The van der Waals surface area contributed by atoms with Crippen molar-refractivity contribution in [3.8, 4) is 0 Å². The predicted octanol–water partition coefficient (Wildman–Crippen LogP) is 3.90. The number of hydrogen-bond donors (Lipinski definition) is 1. The second kappa shape index (κ2) is 6.14. The number of rotatable bonds is 2. The second-order valence-electron chi connectivity index (χ2n) is 7.54. The zero-order chi connectivity index (χ0) is 18.2. The molecule has 25 heavy (non-hydrogen) atoms. The van der Waals surface area contributed by atoms with Gasteiger partial charge in [-0.1, -0.05) is 24.3 Å². The third-order valence-electron chi connectivity index (χ3n) is 4.25. The van der Waals surface area contributed by atoms with Gasteiger partial charge in [-0.15, -0.1) is 0 Å². The standard InChI is InChI=1S/C20H23F2N3/c1-19(2,3)23-18-24-20(13-25(18)4,14-5-9-16(21)10-6-14)15-7-11-17(22)12-8-15/h5-12H,13H2,1-4H3,(H,23,24). The van der Waals surface area contributed by atoms with E-state index in [1.54, 1.807) is 24.3 Å². The van der Waals surface area contributed by atoms with E-state index in [9.17, 15) is 8.78 Å². The first kappa shape index (κ1) is 17.4. The van der Waals surface area contributed by atoms with Crippen LogP contribution in [-0.2, 0) is 5.54 Å². The minimum absolute atomic E-state index is 0.144. The molecule has 3 rings (SSSR count). The average Bonchev–Trinajstić information content (AvgIpc) is 2.84. The summed E-state index contributed by atoms with van der Waals surface area (Å²) < 4.78 is 26.8. The van der Waals surface area contributed by atoms with E-state index >= 15 is 0 Å². The Morgan fingerprint density at radius 2 is 1.36 bits per heavy atom. The maximum Gasteiger partial charge on any atom is 0.195 e. The van der Waals surface area contributed by atoms with Crippen LogP contribution in [0.5, 0.6) is 0 Å². The molecule has 132 valence electrons. The summed E-state index contributed by atoms with van der Waals surface area (Å²) in [7, 11) is 1.96. The number of nitrogens with one attached hydrogen (secondary N) is 1. The maximum absolute atomic E-state index is 13.4. The number of nitrogens with zero attached hydrogens (tertiary/aromatic N) is 2. The lowest BCUT2D eigenvalue weighted by molar-refractivity contribution is 0.412. The van der Waals surface area contributed by atoms with Gasteiger partial charge >= 0.3 is 0 Å². The highest BCUT2D eigenvalue weighted by Gasteiger charge is 2.42. The van der Waals surface area contributed by atoms with Gasteiger partial charge in [0.25, 0.3) is 0 Å².